The van der Waals surface area contributed by atoms with E-state index >= 15 is 0 Å². The van der Waals surface area contributed by atoms with Gasteiger partial charge >= 0.3 is 0 Å². The predicted octanol–water partition coefficient (Wildman–Crippen LogP) is 5.57. The Morgan fingerprint density at radius 3 is 2.45 bits per heavy atom. The summed E-state index contributed by atoms with van der Waals surface area (Å²) in [6, 6.07) is 17.8. The summed E-state index contributed by atoms with van der Waals surface area (Å²) in [5.74, 6) is 0. The molecule has 0 saturated carbocycles. The molecule has 0 radical (unpaired) electrons. The first-order valence-electron chi connectivity index (χ1n) is 10.6. The van der Waals surface area contributed by atoms with Crippen LogP contribution < -0.4 is 0 Å². The number of hydrogen-bond acceptors (Lipinski definition) is 3. The van der Waals surface area contributed by atoms with Gasteiger partial charge in [0, 0.05) is 52.9 Å². The van der Waals surface area contributed by atoms with Crippen molar-refractivity contribution >= 4 is 27.3 Å². The Morgan fingerprint density at radius 2 is 1.48 bits per heavy atom. The number of rotatable bonds is 0. The minimum Gasteiger partial charge on any atom is -0.291 e. The molecule has 0 saturated heterocycles. The molecule has 0 bridgehead atoms. The molecular formula is C27H16N4. The van der Waals surface area contributed by atoms with Crippen LogP contribution in [0.3, 0.4) is 0 Å². The maximum atomic E-state index is 5.15. The van der Waals surface area contributed by atoms with Gasteiger partial charge in [0.2, 0.25) is 0 Å². The van der Waals surface area contributed by atoms with Gasteiger partial charge in [0.05, 0.1) is 16.9 Å². The average molecular weight is 396 g/mol. The molecule has 4 heterocycles. The third-order valence-corrected chi connectivity index (χ3v) is 6.97. The van der Waals surface area contributed by atoms with Crippen LogP contribution in [-0.4, -0.2) is 19.4 Å². The van der Waals surface area contributed by atoms with Crippen molar-refractivity contribution < 1.29 is 0 Å². The lowest BCUT2D eigenvalue weighted by Gasteiger charge is -2.11. The van der Waals surface area contributed by atoms with E-state index in [1.54, 1.807) is 0 Å². The van der Waals surface area contributed by atoms with Crippen molar-refractivity contribution in [3.05, 3.63) is 95.7 Å². The Bertz CT molecular complexity index is 1740. The molecule has 31 heavy (non-hydrogen) atoms. The van der Waals surface area contributed by atoms with Crippen LogP contribution >= 0.6 is 0 Å². The molecular weight excluding hydrogens is 380 g/mol. The zero-order valence-corrected chi connectivity index (χ0v) is 16.6. The van der Waals surface area contributed by atoms with E-state index in [4.69, 9.17) is 4.98 Å². The van der Waals surface area contributed by atoms with Gasteiger partial charge in [-0.15, -0.1) is 0 Å². The highest BCUT2D eigenvalue weighted by Gasteiger charge is 2.29. The number of hydrogen-bond donors (Lipinski definition) is 0. The summed E-state index contributed by atoms with van der Waals surface area (Å²) in [6.45, 7) is 0. The molecule has 0 spiro atoms. The molecule has 0 atom stereocenters. The molecule has 4 heteroatoms. The van der Waals surface area contributed by atoms with Crippen LogP contribution in [0.1, 0.15) is 22.4 Å². The second-order valence-electron chi connectivity index (χ2n) is 8.56. The van der Waals surface area contributed by atoms with Gasteiger partial charge in [-0.1, -0.05) is 24.3 Å². The van der Waals surface area contributed by atoms with E-state index in [1.807, 2.05) is 24.8 Å². The lowest BCUT2D eigenvalue weighted by molar-refractivity contribution is 1.16. The molecule has 0 unspecified atom stereocenters. The summed E-state index contributed by atoms with van der Waals surface area (Å²) in [5.41, 5.74) is 12.8. The normalized spacial score (nSPS) is 13.5. The van der Waals surface area contributed by atoms with E-state index in [2.05, 4.69) is 62.9 Å². The summed E-state index contributed by atoms with van der Waals surface area (Å²) in [7, 11) is 0. The van der Waals surface area contributed by atoms with Crippen LogP contribution in [0.15, 0.2) is 73.3 Å². The average Bonchev–Trinajstić information content (AvgIpc) is 3.47. The monoisotopic (exact) mass is 396 g/mol. The van der Waals surface area contributed by atoms with Gasteiger partial charge in [-0.2, -0.15) is 0 Å². The highest BCUT2D eigenvalue weighted by molar-refractivity contribution is 6.12. The van der Waals surface area contributed by atoms with Crippen molar-refractivity contribution in [3.8, 4) is 22.4 Å². The second-order valence-corrected chi connectivity index (χ2v) is 8.56. The molecule has 8 rings (SSSR count). The van der Waals surface area contributed by atoms with Gasteiger partial charge in [0.15, 0.2) is 0 Å². The van der Waals surface area contributed by atoms with Crippen LogP contribution in [0, 0.1) is 0 Å². The Hall–Kier alpha value is -4.05. The molecule has 0 fully saturated rings. The van der Waals surface area contributed by atoms with E-state index < -0.39 is 0 Å². The van der Waals surface area contributed by atoms with Gasteiger partial charge in [-0.25, -0.2) is 4.98 Å². The van der Waals surface area contributed by atoms with Crippen molar-refractivity contribution in [1.29, 1.82) is 0 Å². The molecule has 0 N–H and O–H groups in total. The third-order valence-electron chi connectivity index (χ3n) is 6.97. The number of nitrogens with zero attached hydrogens (tertiary/aromatic N) is 4. The van der Waals surface area contributed by atoms with Crippen LogP contribution in [-0.2, 0) is 12.8 Å². The smallest absolute Gasteiger partial charge is 0.146 e. The standard InChI is InChI=1S/C27H16N4/c1-2-4-18-15(3-1)9-16-11-21-17(10-20(16)18)12-24-26(21)31-25-6-8-29-14-23(25)22-13-28-7-5-19(22)27(31)30-24/h1-8,10-11,13-14H,9,12H2. The van der Waals surface area contributed by atoms with Gasteiger partial charge in [0.25, 0.3) is 0 Å². The van der Waals surface area contributed by atoms with E-state index in [0.29, 0.717) is 0 Å². The SMILES string of the molecule is c1ccc2c(c1)Cc1cc3c(cc1-2)Cc1nc2c4ccncc4c4cnccc4n2c1-3. The van der Waals surface area contributed by atoms with Crippen LogP contribution in [0.4, 0.5) is 0 Å². The third kappa shape index (κ3) is 1.88. The minimum absolute atomic E-state index is 0.876. The molecule has 4 aromatic heterocycles. The number of imidazole rings is 1. The molecule has 4 nitrogen and oxygen atoms in total. The minimum atomic E-state index is 0.876. The molecule has 2 aromatic carbocycles. The van der Waals surface area contributed by atoms with Gasteiger partial charge in [-0.05, 0) is 58.5 Å². The first-order valence-corrected chi connectivity index (χ1v) is 10.6. The maximum absolute atomic E-state index is 5.15. The summed E-state index contributed by atoms with van der Waals surface area (Å²) in [5, 5.41) is 3.34. The summed E-state index contributed by atoms with van der Waals surface area (Å²) >= 11 is 0. The highest BCUT2D eigenvalue weighted by Crippen LogP contribution is 2.46. The molecule has 0 amide bonds. The summed E-state index contributed by atoms with van der Waals surface area (Å²) in [4.78, 5) is 13.9. The van der Waals surface area contributed by atoms with E-state index in [0.717, 1.165) is 45.9 Å². The summed E-state index contributed by atoms with van der Waals surface area (Å²) < 4.78 is 2.34. The molecule has 2 aliphatic carbocycles. The lowest BCUT2D eigenvalue weighted by atomic mass is 9.99. The van der Waals surface area contributed by atoms with Crippen LogP contribution in [0.2, 0.25) is 0 Å². The highest BCUT2D eigenvalue weighted by atomic mass is 15.0. The van der Waals surface area contributed by atoms with Crippen molar-refractivity contribution in [2.45, 2.75) is 12.8 Å². The van der Waals surface area contributed by atoms with Crippen molar-refractivity contribution in [2.24, 2.45) is 0 Å². The molecule has 0 aliphatic heterocycles. The fourth-order valence-electron chi connectivity index (χ4n) is 5.65. The molecule has 144 valence electrons. The van der Waals surface area contributed by atoms with E-state index in [9.17, 15) is 0 Å². The lowest BCUT2D eigenvalue weighted by Crippen LogP contribution is -1.95. The van der Waals surface area contributed by atoms with E-state index in [-0.39, 0.29) is 0 Å². The van der Waals surface area contributed by atoms with E-state index in [1.165, 1.54) is 39.1 Å². The number of fused-ring (bicyclic) bond motifs is 13. The van der Waals surface area contributed by atoms with Gasteiger partial charge in [0.1, 0.15) is 5.65 Å². The Kier molecular flexibility index (Phi) is 2.72. The number of aromatic nitrogens is 4. The van der Waals surface area contributed by atoms with Crippen LogP contribution in [0.5, 0.6) is 0 Å². The van der Waals surface area contributed by atoms with Crippen molar-refractivity contribution in [1.82, 2.24) is 19.4 Å². The first-order chi connectivity index (χ1) is 15.4. The Labute approximate surface area is 177 Å². The van der Waals surface area contributed by atoms with Gasteiger partial charge < -0.3 is 0 Å². The Morgan fingerprint density at radius 1 is 0.677 bits per heavy atom. The number of benzene rings is 2. The fraction of sp³-hybridized carbons (Fsp3) is 0.0741. The van der Waals surface area contributed by atoms with Crippen molar-refractivity contribution in [3.63, 3.8) is 0 Å². The molecule has 2 aliphatic rings. The maximum Gasteiger partial charge on any atom is 0.146 e. The zero-order valence-electron chi connectivity index (χ0n) is 16.6. The van der Waals surface area contributed by atoms with Crippen molar-refractivity contribution in [2.75, 3.05) is 0 Å². The number of pyridine rings is 3. The topological polar surface area (TPSA) is 43.1 Å². The van der Waals surface area contributed by atoms with Crippen LogP contribution in [0.25, 0.3) is 49.7 Å². The second kappa shape index (κ2) is 5.35. The summed E-state index contributed by atoms with van der Waals surface area (Å²) in [6.07, 6.45) is 9.47. The predicted molar refractivity (Wildman–Crippen MR) is 122 cm³/mol. The quantitative estimate of drug-likeness (QED) is 0.315. The first kappa shape index (κ1) is 15.7. The van der Waals surface area contributed by atoms with Gasteiger partial charge in [-0.3, -0.25) is 14.4 Å². The largest absolute Gasteiger partial charge is 0.291 e. The fourth-order valence-corrected chi connectivity index (χ4v) is 5.65. The molecule has 6 aromatic rings. The zero-order chi connectivity index (χ0) is 20.1. The Balaban J connectivity index is 1.49.